The standard InChI is InChI=1S/C8H5FN3/c9-7-3-1-6(2-4-7)8-10-5-11-12-8/h1-5H. The minimum absolute atomic E-state index is 0.265. The van der Waals surface area contributed by atoms with Gasteiger partial charge in [0.1, 0.15) is 12.2 Å². The number of aliphatic imine (C=N–C) groups is 1. The molecule has 12 heavy (non-hydrogen) atoms. The van der Waals surface area contributed by atoms with E-state index in [-0.39, 0.29) is 5.82 Å². The normalized spacial score (nSPS) is 14.2. The van der Waals surface area contributed by atoms with E-state index in [1.54, 1.807) is 12.1 Å². The molecule has 0 spiro atoms. The Kier molecular flexibility index (Phi) is 1.59. The summed E-state index contributed by atoms with van der Waals surface area (Å²) in [6.07, 6.45) is 1.36. The van der Waals surface area contributed by atoms with Crippen molar-refractivity contribution in [3.05, 3.63) is 35.6 Å². The van der Waals surface area contributed by atoms with E-state index in [0.29, 0.717) is 5.84 Å². The average molecular weight is 162 g/mol. The van der Waals surface area contributed by atoms with E-state index in [9.17, 15) is 4.39 Å². The Hall–Kier alpha value is -1.71. The zero-order valence-corrected chi connectivity index (χ0v) is 6.11. The predicted molar refractivity (Wildman–Crippen MR) is 43.6 cm³/mol. The molecule has 0 atom stereocenters. The summed E-state index contributed by atoms with van der Waals surface area (Å²) in [4.78, 5) is 3.87. The fourth-order valence-electron chi connectivity index (χ4n) is 0.918. The quantitative estimate of drug-likeness (QED) is 0.594. The van der Waals surface area contributed by atoms with Crippen LogP contribution in [0.4, 0.5) is 4.39 Å². The van der Waals surface area contributed by atoms with Gasteiger partial charge in [0, 0.05) is 5.56 Å². The summed E-state index contributed by atoms with van der Waals surface area (Å²) >= 11 is 0. The van der Waals surface area contributed by atoms with Crippen molar-refractivity contribution in [3.8, 4) is 0 Å². The predicted octanol–water partition coefficient (Wildman–Crippen LogP) is 1.13. The molecule has 0 N–H and O–H groups in total. The molecule has 0 aromatic heterocycles. The molecule has 0 bridgehead atoms. The van der Waals surface area contributed by atoms with Gasteiger partial charge in [-0.15, -0.1) is 10.5 Å². The molecule has 0 fully saturated rings. The van der Waals surface area contributed by atoms with Crippen molar-refractivity contribution >= 4 is 12.2 Å². The fraction of sp³-hybridized carbons (Fsp3) is 0. The van der Waals surface area contributed by atoms with E-state index in [1.807, 2.05) is 0 Å². The molecular weight excluding hydrogens is 157 g/mol. The van der Waals surface area contributed by atoms with E-state index in [2.05, 4.69) is 15.5 Å². The average Bonchev–Trinajstić information content (AvgIpc) is 2.58. The highest BCUT2D eigenvalue weighted by Gasteiger charge is 2.04. The van der Waals surface area contributed by atoms with Gasteiger partial charge in [-0.25, -0.2) is 9.38 Å². The van der Waals surface area contributed by atoms with Gasteiger partial charge >= 0.3 is 0 Å². The van der Waals surface area contributed by atoms with Crippen LogP contribution in [0.1, 0.15) is 5.56 Å². The van der Waals surface area contributed by atoms with Crippen LogP contribution in [-0.2, 0) is 0 Å². The maximum Gasteiger partial charge on any atom is 0.183 e. The summed E-state index contributed by atoms with van der Waals surface area (Å²) in [6, 6.07) is 5.97. The van der Waals surface area contributed by atoms with E-state index < -0.39 is 0 Å². The van der Waals surface area contributed by atoms with Crippen LogP contribution in [0.3, 0.4) is 0 Å². The van der Waals surface area contributed by atoms with Gasteiger partial charge in [-0.05, 0) is 24.3 Å². The molecule has 1 aromatic rings. The smallest absolute Gasteiger partial charge is 0.183 e. The van der Waals surface area contributed by atoms with Gasteiger partial charge < -0.3 is 0 Å². The van der Waals surface area contributed by atoms with Gasteiger partial charge in [-0.1, -0.05) is 0 Å². The lowest BCUT2D eigenvalue weighted by atomic mass is 10.2. The second kappa shape index (κ2) is 2.73. The van der Waals surface area contributed by atoms with E-state index >= 15 is 0 Å². The number of rotatable bonds is 1. The Bertz CT molecular complexity index is 340. The van der Waals surface area contributed by atoms with Crippen LogP contribution < -0.4 is 5.43 Å². The number of benzene rings is 1. The van der Waals surface area contributed by atoms with Crippen LogP contribution in [0.15, 0.2) is 34.4 Å². The molecule has 1 aromatic carbocycles. The lowest BCUT2D eigenvalue weighted by Crippen LogP contribution is -1.93. The number of halogens is 1. The van der Waals surface area contributed by atoms with Crippen molar-refractivity contribution in [1.29, 1.82) is 0 Å². The molecule has 0 aliphatic carbocycles. The molecule has 0 saturated heterocycles. The molecule has 1 aliphatic heterocycles. The van der Waals surface area contributed by atoms with E-state index in [4.69, 9.17) is 0 Å². The van der Waals surface area contributed by atoms with Gasteiger partial charge in [0.25, 0.3) is 0 Å². The first-order valence-electron chi connectivity index (χ1n) is 3.42. The molecule has 1 heterocycles. The summed E-state index contributed by atoms with van der Waals surface area (Å²) in [5.74, 6) is 0.258. The lowest BCUT2D eigenvalue weighted by Gasteiger charge is -1.94. The zero-order valence-electron chi connectivity index (χ0n) is 6.11. The van der Waals surface area contributed by atoms with Crippen LogP contribution in [0.5, 0.6) is 0 Å². The summed E-state index contributed by atoms with van der Waals surface area (Å²) in [5, 5.41) is 3.73. The van der Waals surface area contributed by atoms with Crippen molar-refractivity contribution in [3.63, 3.8) is 0 Å². The minimum Gasteiger partial charge on any atom is -0.213 e. The first kappa shape index (κ1) is 6.97. The van der Waals surface area contributed by atoms with Gasteiger partial charge in [-0.2, -0.15) is 0 Å². The second-order valence-corrected chi connectivity index (χ2v) is 2.29. The summed E-state index contributed by atoms with van der Waals surface area (Å²) < 4.78 is 12.5. The highest BCUT2D eigenvalue weighted by atomic mass is 19.1. The SMILES string of the molecule is Fc1ccc(C2=N[N]C=N2)cc1. The first-order chi connectivity index (χ1) is 5.86. The van der Waals surface area contributed by atoms with Crippen molar-refractivity contribution < 1.29 is 4.39 Å². The van der Waals surface area contributed by atoms with Crippen LogP contribution in [0.2, 0.25) is 0 Å². The Morgan fingerprint density at radius 1 is 1.08 bits per heavy atom. The third-order valence-electron chi connectivity index (χ3n) is 1.49. The third kappa shape index (κ3) is 1.18. The highest BCUT2D eigenvalue weighted by molar-refractivity contribution is 6.04. The Morgan fingerprint density at radius 3 is 2.42 bits per heavy atom. The Balaban J connectivity index is 2.35. The van der Waals surface area contributed by atoms with E-state index in [1.165, 1.54) is 18.5 Å². The molecular formula is C8H5FN3. The number of hydrogen-bond acceptors (Lipinski definition) is 2. The first-order valence-corrected chi connectivity index (χ1v) is 3.42. The Labute approximate surface area is 68.6 Å². The molecule has 0 saturated carbocycles. The van der Waals surface area contributed by atoms with Crippen molar-refractivity contribution in [1.82, 2.24) is 5.43 Å². The number of hydrogen-bond donors (Lipinski definition) is 0. The second-order valence-electron chi connectivity index (χ2n) is 2.29. The van der Waals surface area contributed by atoms with Crippen molar-refractivity contribution in [2.45, 2.75) is 0 Å². The van der Waals surface area contributed by atoms with Crippen LogP contribution in [0, 0.1) is 5.82 Å². The molecule has 0 amide bonds. The lowest BCUT2D eigenvalue weighted by molar-refractivity contribution is 0.628. The molecule has 4 heteroatoms. The third-order valence-corrected chi connectivity index (χ3v) is 1.49. The van der Waals surface area contributed by atoms with Gasteiger partial charge in [0.15, 0.2) is 5.84 Å². The van der Waals surface area contributed by atoms with E-state index in [0.717, 1.165) is 5.56 Å². The molecule has 3 nitrogen and oxygen atoms in total. The Morgan fingerprint density at radius 2 is 1.83 bits per heavy atom. The topological polar surface area (TPSA) is 38.8 Å². The zero-order chi connectivity index (χ0) is 8.39. The minimum atomic E-state index is -0.265. The summed E-state index contributed by atoms with van der Waals surface area (Å²) in [5.41, 5.74) is 4.34. The monoisotopic (exact) mass is 162 g/mol. The molecule has 59 valence electrons. The van der Waals surface area contributed by atoms with Crippen LogP contribution in [0.25, 0.3) is 0 Å². The molecule has 0 unspecified atom stereocenters. The highest BCUT2D eigenvalue weighted by Crippen LogP contribution is 2.06. The van der Waals surface area contributed by atoms with Gasteiger partial charge in [-0.3, -0.25) is 0 Å². The number of nitrogens with zero attached hydrogens (tertiary/aromatic N) is 3. The van der Waals surface area contributed by atoms with Gasteiger partial charge in [0.2, 0.25) is 0 Å². The molecule has 1 aliphatic rings. The molecule has 2 rings (SSSR count). The maximum atomic E-state index is 12.5. The largest absolute Gasteiger partial charge is 0.213 e. The molecule has 1 radical (unpaired) electrons. The van der Waals surface area contributed by atoms with Gasteiger partial charge in [0.05, 0.1) is 0 Å². The van der Waals surface area contributed by atoms with Crippen LogP contribution >= 0.6 is 0 Å². The summed E-state index contributed by atoms with van der Waals surface area (Å²) in [7, 11) is 0. The summed E-state index contributed by atoms with van der Waals surface area (Å²) in [6.45, 7) is 0. The van der Waals surface area contributed by atoms with Crippen molar-refractivity contribution in [2.75, 3.05) is 0 Å². The fourth-order valence-corrected chi connectivity index (χ4v) is 0.918. The maximum absolute atomic E-state index is 12.5. The van der Waals surface area contributed by atoms with Crippen molar-refractivity contribution in [2.24, 2.45) is 10.1 Å². The van der Waals surface area contributed by atoms with Crippen LogP contribution in [-0.4, -0.2) is 12.2 Å². The number of amidine groups is 1.